The Kier molecular flexibility index (Phi) is 38.8. The molecule has 0 heterocycles. The van der Waals surface area contributed by atoms with Crippen molar-refractivity contribution in [2.75, 3.05) is 18.5 Å². The summed E-state index contributed by atoms with van der Waals surface area (Å²) < 4.78 is 13.4. The van der Waals surface area contributed by atoms with E-state index in [4.69, 9.17) is 54.7 Å². The number of phenols is 6. The van der Waals surface area contributed by atoms with Crippen molar-refractivity contribution in [1.29, 1.82) is 5.26 Å². The Morgan fingerprint density at radius 1 is 0.242 bits per heavy atom. The number of aromatic hydroxyl groups is 6. The van der Waals surface area contributed by atoms with Crippen LogP contribution < -0.4 is 9.47 Å². The van der Waals surface area contributed by atoms with Crippen molar-refractivity contribution in [2.24, 2.45) is 39.9 Å². The Morgan fingerprint density at radius 2 is 0.389 bits per heavy atom. The van der Waals surface area contributed by atoms with Crippen molar-refractivity contribution in [3.8, 4) is 52.1 Å². The zero-order valence-electron chi connectivity index (χ0n) is 82.7. The van der Waals surface area contributed by atoms with Gasteiger partial charge in [-0.1, -0.05) is 265 Å². The highest BCUT2D eigenvalue weighted by atomic mass is 79.9. The van der Waals surface area contributed by atoms with Crippen molar-refractivity contribution in [1.82, 2.24) is 0 Å². The molecule has 0 amide bonds. The zero-order chi connectivity index (χ0) is 104. The lowest BCUT2D eigenvalue weighted by atomic mass is 9.90. The van der Waals surface area contributed by atoms with Crippen molar-refractivity contribution in [2.45, 2.75) is 110 Å². The third-order valence-electron chi connectivity index (χ3n) is 24.7. The maximum atomic E-state index is 12.6. The molecule has 21 heteroatoms. The molecule has 0 spiro atoms. The molecule has 18 rings (SSSR count). The van der Waals surface area contributed by atoms with Gasteiger partial charge in [-0.25, -0.2) is 0 Å². The van der Waals surface area contributed by atoms with Gasteiger partial charge in [-0.05, 0) is 167 Å². The van der Waals surface area contributed by atoms with E-state index in [1.807, 2.05) is 365 Å². The maximum absolute atomic E-state index is 12.6. The molecule has 0 saturated heterocycles. The Hall–Kier alpha value is -17.7. The molecule has 0 atom stereocenters. The van der Waals surface area contributed by atoms with Crippen molar-refractivity contribution in [3.05, 3.63) is 473 Å². The third-order valence-corrected chi connectivity index (χ3v) is 25.3. The van der Waals surface area contributed by atoms with Crippen LogP contribution in [-0.4, -0.2) is 118 Å². The van der Waals surface area contributed by atoms with Gasteiger partial charge in [0.2, 0.25) is 0 Å². The van der Waals surface area contributed by atoms with E-state index in [-0.39, 0.29) is 99.1 Å². The van der Waals surface area contributed by atoms with Crippen molar-refractivity contribution < 1.29 is 54.5 Å². The number of halogens is 1. The number of nitrogens with zero attached hydrogens (tertiary/aromatic N) is 9. The molecule has 744 valence electrons. The van der Waals surface area contributed by atoms with Gasteiger partial charge < -0.3 is 54.5 Å². The lowest BCUT2D eigenvalue weighted by Crippen LogP contribution is -2.08. The first kappa shape index (κ1) is 106. The highest BCUT2D eigenvalue weighted by Gasteiger charge is 2.27. The summed E-state index contributed by atoms with van der Waals surface area (Å²) in [5, 5.41) is 82.2. The molecule has 0 radical (unpaired) electrons. The predicted octanol–water partition coefficient (Wildman–Crippen LogP) is 28.4. The summed E-state index contributed by atoms with van der Waals surface area (Å²) in [6, 6.07) is 110. The van der Waals surface area contributed by atoms with Crippen LogP contribution in [0.1, 0.15) is 192 Å². The number of nitriles is 1. The second-order valence-electron chi connectivity index (χ2n) is 35.9. The molecule has 20 nitrogen and oxygen atoms in total. The molecule has 16 bridgehead atoms. The van der Waals surface area contributed by atoms with Crippen molar-refractivity contribution in [3.63, 3.8) is 0 Å². The first-order valence-electron chi connectivity index (χ1n) is 49.6. The van der Waals surface area contributed by atoms with Crippen LogP contribution in [0.15, 0.2) is 380 Å². The van der Waals surface area contributed by atoms with Gasteiger partial charge in [0.1, 0.15) is 64.9 Å². The van der Waals surface area contributed by atoms with Crippen LogP contribution in [0.2, 0.25) is 0 Å². The van der Waals surface area contributed by atoms with E-state index in [0.717, 1.165) is 104 Å². The van der Waals surface area contributed by atoms with Gasteiger partial charge in [0.15, 0.2) is 0 Å². The molecule has 2 aliphatic rings. The molecule has 149 heavy (non-hydrogen) atoms. The second-order valence-corrected chi connectivity index (χ2v) is 36.7. The summed E-state index contributed by atoms with van der Waals surface area (Å²) >= 11 is 3.31. The van der Waals surface area contributed by atoms with E-state index in [2.05, 4.69) is 15.9 Å². The quantitative estimate of drug-likeness (QED) is 0.0102. The number of aliphatic imine (C=N–C) groups is 8. The minimum absolute atomic E-state index is 0.0211. The molecular formula is C128H114BrN9O11. The first-order chi connectivity index (χ1) is 73.0. The average Bonchev–Trinajstić information content (AvgIpc) is 0.778. The monoisotopic (exact) mass is 2030 g/mol. The largest absolute Gasteiger partial charge is 0.507 e. The number of carbonyl (C=O) groups is 3. The number of hydrogen-bond acceptors (Lipinski definition) is 20. The number of phenolic OH excluding ortho intramolecular Hbond substituents is 6. The number of rotatable bonds is 31. The maximum Gasteiger partial charge on any atom is 0.126 e. The molecule has 0 aromatic heterocycles. The summed E-state index contributed by atoms with van der Waals surface area (Å²) in [7, 11) is 0. The fraction of sp³-hybridized carbons (Fsp3) is 0.156. The van der Waals surface area contributed by atoms with Crippen LogP contribution in [0.4, 0.5) is 45.5 Å². The minimum atomic E-state index is 0.0211. The Morgan fingerprint density at radius 3 is 0.544 bits per heavy atom. The summed E-state index contributed by atoms with van der Waals surface area (Å²) in [6.07, 6.45) is 24.2. The van der Waals surface area contributed by atoms with Gasteiger partial charge in [0, 0.05) is 222 Å². The lowest BCUT2D eigenvalue weighted by molar-refractivity contribution is -0.108. The summed E-state index contributed by atoms with van der Waals surface area (Å²) in [6.45, 7) is 1.93. The molecule has 0 unspecified atom stereocenters. The van der Waals surface area contributed by atoms with E-state index < -0.39 is 0 Å². The Bertz CT molecular complexity index is 6740. The Labute approximate surface area is 877 Å². The molecule has 0 saturated carbocycles. The number of benzene rings is 16. The van der Waals surface area contributed by atoms with Gasteiger partial charge >= 0.3 is 0 Å². The zero-order valence-corrected chi connectivity index (χ0v) is 84.3. The van der Waals surface area contributed by atoms with Gasteiger partial charge in [0.05, 0.1) is 64.8 Å². The van der Waals surface area contributed by atoms with Crippen LogP contribution in [-0.2, 0) is 65.8 Å². The number of unbranched alkanes of at least 4 members (excludes halogenated alkanes) is 5. The fourth-order valence-corrected chi connectivity index (χ4v) is 17.8. The van der Waals surface area contributed by atoms with Crippen LogP contribution in [0.5, 0.6) is 46.0 Å². The molecular weight excluding hydrogens is 1920 g/mol. The summed E-state index contributed by atoms with van der Waals surface area (Å²) in [4.78, 5) is 72.1. The second kappa shape index (κ2) is 54.8. The normalized spacial score (nSPS) is 12.2. The van der Waals surface area contributed by atoms with Crippen molar-refractivity contribution >= 4 is 130 Å². The third kappa shape index (κ3) is 30.9. The number of hydrogen-bond donors (Lipinski definition) is 6. The van der Waals surface area contributed by atoms with E-state index in [1.54, 1.807) is 30.9 Å². The Balaban J connectivity index is 0.000000204. The van der Waals surface area contributed by atoms with E-state index in [1.165, 1.54) is 19.8 Å². The van der Waals surface area contributed by atoms with Crippen LogP contribution >= 0.6 is 15.9 Å². The standard InChI is InChI=1S/C64H56N4O6.C56H44N4O4.C6H11BrO.C2H3N/c69-25-13-15-27-73-63-53-29-49-33-57(65-41-45-17-5-1-6-18-45)34-50(61(49)71)30-54-38-60(68-44-48-23-11-4-12-24-48)40-56(64(54)74-28-16-14-26-70)32-52-36-58(66-42-46-19-7-2-8-20-46)35-51(62(52)72)31-55(63)39-59(37-53)67-43-47-21-9-3-10-22-47;61-53-41-21-43-27-50(58-34-38-15-7-2-8-16-38)29-45(54(43)62)23-47-31-52(60-36-40-19-11-4-12-20-40)32-48(56(47)64)24-46-30-51(59-35-39-17-9-3-10-18-39)28-44(55(46)63)22-42(53)26-49(25-41)57-33-37-13-5-1-6-14-37;7-5-3-1-2-4-6-8;1-2-3/h1-12,17-26,33-44,71-72H,13-16,27-32H2;1-20,25-36,61-64H,21-24H2;6H,1-5H2;1H3. The highest BCUT2D eigenvalue weighted by molar-refractivity contribution is 9.09. The molecule has 0 aliphatic heterocycles. The highest BCUT2D eigenvalue weighted by Crippen LogP contribution is 2.47. The predicted molar refractivity (Wildman–Crippen MR) is 605 cm³/mol. The number of fused-ring (bicyclic) bond motifs is 16. The topological polar surface area (TPSA) is 314 Å². The lowest BCUT2D eigenvalue weighted by Gasteiger charge is -2.22. The van der Waals surface area contributed by atoms with Crippen LogP contribution in [0, 0.1) is 11.3 Å². The SMILES string of the molecule is CC#N.O=CCCCCCBr.O=CCCCOc1c2cc(N=Cc3ccccc3)cc1Cc1cc(N=Cc3ccccc3)cc(c1O)Cc1cc(N=Cc3ccccc3)cc(c1OCCCC=O)Cc1cc(N=Cc3ccccc3)cc(c1O)C2.Oc1c2cc(N=Cc3ccccc3)cc1Cc1cc(N=Cc3ccccc3)cc(c1O)Cc1cc(N=Cc3ccccc3)cc(c1O)Cc1cc(N=Cc3ccccc3)cc(c1O)C2. The van der Waals surface area contributed by atoms with Crippen LogP contribution in [0.3, 0.4) is 0 Å². The van der Waals surface area contributed by atoms with Gasteiger partial charge in [-0.3, -0.25) is 39.9 Å². The van der Waals surface area contributed by atoms with Gasteiger partial charge in [-0.15, -0.1) is 0 Å². The molecule has 16 aromatic rings. The van der Waals surface area contributed by atoms with Gasteiger partial charge in [-0.2, -0.15) is 5.26 Å². The molecule has 16 aromatic carbocycles. The minimum Gasteiger partial charge on any atom is -0.507 e. The molecule has 0 fully saturated rings. The van der Waals surface area contributed by atoms with Gasteiger partial charge in [0.25, 0.3) is 0 Å². The summed E-state index contributed by atoms with van der Waals surface area (Å²) in [5.41, 5.74) is 21.7. The number of alkyl halides is 1. The average molecular weight is 2030 g/mol. The smallest absolute Gasteiger partial charge is 0.126 e. The van der Waals surface area contributed by atoms with E-state index in [0.29, 0.717) is 149 Å². The van der Waals surface area contributed by atoms with E-state index >= 15 is 0 Å². The summed E-state index contributed by atoms with van der Waals surface area (Å²) in [5.74, 6) is 1.38. The number of carbonyl (C=O) groups excluding carboxylic acids is 3. The number of ether oxygens (including phenoxy) is 2. The first-order valence-corrected chi connectivity index (χ1v) is 50.7. The molecule has 2 aliphatic carbocycles. The number of aldehydes is 3. The fourth-order valence-electron chi connectivity index (χ4n) is 17.4. The van der Waals surface area contributed by atoms with E-state index in [9.17, 15) is 45.0 Å². The van der Waals surface area contributed by atoms with Crippen LogP contribution in [0.25, 0.3) is 0 Å². The molecule has 6 N–H and O–H groups in total.